The predicted molar refractivity (Wildman–Crippen MR) is 59.4 cm³/mol. The Hall–Kier alpha value is -0.550. The van der Waals surface area contributed by atoms with Gasteiger partial charge in [0.2, 0.25) is 5.91 Å². The second kappa shape index (κ2) is 6.03. The van der Waals surface area contributed by atoms with Crippen LogP contribution in [-0.4, -0.2) is 42.0 Å². The van der Waals surface area contributed by atoms with Crippen LogP contribution < -0.4 is 5.73 Å². The number of Topliss-reactive ketones (excluding diaryl/α,β-unsaturated/α-hetero) is 1. The molecule has 0 saturated carbocycles. The first-order valence-electron chi connectivity index (χ1n) is 4.52. The van der Waals surface area contributed by atoms with Crippen molar-refractivity contribution in [2.24, 2.45) is 5.73 Å². The molecule has 0 radical (unpaired) electrons. The third-order valence-corrected chi connectivity index (χ3v) is 2.28. The van der Waals surface area contributed by atoms with Crippen molar-refractivity contribution in [1.29, 1.82) is 0 Å². The Morgan fingerprint density at radius 1 is 1.43 bits per heavy atom. The van der Waals surface area contributed by atoms with E-state index in [4.69, 9.17) is 5.73 Å². The van der Waals surface area contributed by atoms with Crippen LogP contribution in [0.2, 0.25) is 0 Å². The molecule has 2 N–H and O–H groups in total. The third kappa shape index (κ3) is 4.62. The fourth-order valence-electron chi connectivity index (χ4n) is 1.21. The van der Waals surface area contributed by atoms with Crippen LogP contribution in [0.15, 0.2) is 0 Å². The number of carbonyl (C=O) groups excluding carboxylic acids is 2. The van der Waals surface area contributed by atoms with E-state index in [0.29, 0.717) is 6.42 Å². The summed E-state index contributed by atoms with van der Waals surface area (Å²) in [5, 5.41) is -0.310. The lowest BCUT2D eigenvalue weighted by Crippen LogP contribution is -2.40. The smallest absolute Gasteiger partial charge is 0.217 e. The van der Waals surface area contributed by atoms with Gasteiger partial charge in [-0.3, -0.25) is 14.5 Å². The SMILES string of the molecule is CC(S)C(=O)[C@H](CCC(N)=O)N(C)C. The Balaban J connectivity index is 4.29. The normalized spacial score (nSPS) is 15.2. The maximum Gasteiger partial charge on any atom is 0.217 e. The number of nitrogens with two attached hydrogens (primary N) is 1. The Bertz CT molecular complexity index is 217. The number of carbonyl (C=O) groups is 2. The largest absolute Gasteiger partial charge is 0.370 e. The highest BCUT2D eigenvalue weighted by atomic mass is 32.1. The monoisotopic (exact) mass is 218 g/mol. The van der Waals surface area contributed by atoms with Crippen LogP contribution >= 0.6 is 12.6 Å². The van der Waals surface area contributed by atoms with E-state index in [-0.39, 0.29) is 29.4 Å². The molecule has 0 aromatic heterocycles. The summed E-state index contributed by atoms with van der Waals surface area (Å²) in [6, 6.07) is -0.269. The predicted octanol–water partition coefficient (Wildman–Crippen LogP) is 0.0695. The van der Waals surface area contributed by atoms with E-state index in [1.54, 1.807) is 25.9 Å². The average Bonchev–Trinajstić information content (AvgIpc) is 2.02. The molecule has 0 saturated heterocycles. The summed E-state index contributed by atoms with van der Waals surface area (Å²) in [5.74, 6) is -0.351. The molecule has 0 aromatic carbocycles. The molecule has 0 aliphatic rings. The Morgan fingerprint density at radius 3 is 2.21 bits per heavy atom. The molecular weight excluding hydrogens is 200 g/mol. The second-order valence-corrected chi connectivity index (χ2v) is 4.34. The van der Waals surface area contributed by atoms with Crippen LogP contribution in [0.4, 0.5) is 0 Å². The van der Waals surface area contributed by atoms with E-state index in [1.165, 1.54) is 0 Å². The van der Waals surface area contributed by atoms with Gasteiger partial charge in [-0.2, -0.15) is 12.6 Å². The van der Waals surface area contributed by atoms with E-state index < -0.39 is 0 Å². The lowest BCUT2D eigenvalue weighted by Gasteiger charge is -2.23. The van der Waals surface area contributed by atoms with E-state index in [1.807, 2.05) is 0 Å². The molecule has 2 atom stereocenters. The van der Waals surface area contributed by atoms with Crippen LogP contribution in [0.3, 0.4) is 0 Å². The highest BCUT2D eigenvalue weighted by Gasteiger charge is 2.23. The summed E-state index contributed by atoms with van der Waals surface area (Å²) < 4.78 is 0. The maximum atomic E-state index is 11.6. The number of hydrogen-bond donors (Lipinski definition) is 2. The van der Waals surface area contributed by atoms with Gasteiger partial charge in [0.15, 0.2) is 5.78 Å². The minimum atomic E-state index is -0.378. The zero-order valence-electron chi connectivity index (χ0n) is 8.86. The lowest BCUT2D eigenvalue weighted by atomic mass is 10.0. The number of rotatable bonds is 6. The number of likely N-dealkylation sites (N-methyl/N-ethyl adjacent to an activating group) is 1. The molecule has 1 amide bonds. The minimum absolute atomic E-state index is 0.0274. The Kier molecular flexibility index (Phi) is 5.79. The number of nitrogens with zero attached hydrogens (tertiary/aromatic N) is 1. The maximum absolute atomic E-state index is 11.6. The van der Waals surface area contributed by atoms with Gasteiger partial charge in [-0.25, -0.2) is 0 Å². The second-order valence-electron chi connectivity index (χ2n) is 3.56. The zero-order valence-corrected chi connectivity index (χ0v) is 9.75. The molecule has 0 aliphatic carbocycles. The Morgan fingerprint density at radius 2 is 1.93 bits per heavy atom. The van der Waals surface area contributed by atoms with Crippen molar-refractivity contribution in [3.8, 4) is 0 Å². The van der Waals surface area contributed by atoms with E-state index in [9.17, 15) is 9.59 Å². The van der Waals surface area contributed by atoms with Gasteiger partial charge >= 0.3 is 0 Å². The van der Waals surface area contributed by atoms with Crippen molar-refractivity contribution < 1.29 is 9.59 Å². The quantitative estimate of drug-likeness (QED) is 0.620. The third-order valence-electron chi connectivity index (χ3n) is 2.03. The van der Waals surface area contributed by atoms with E-state index in [0.717, 1.165) is 0 Å². The molecule has 0 heterocycles. The van der Waals surface area contributed by atoms with Crippen molar-refractivity contribution in [2.45, 2.75) is 31.1 Å². The molecule has 0 aromatic rings. The average molecular weight is 218 g/mol. The number of ketones is 1. The van der Waals surface area contributed by atoms with Gasteiger partial charge in [-0.15, -0.1) is 0 Å². The number of hydrogen-bond acceptors (Lipinski definition) is 4. The summed E-state index contributed by atoms with van der Waals surface area (Å²) in [4.78, 5) is 24.0. The van der Waals surface area contributed by atoms with Crippen molar-refractivity contribution in [3.63, 3.8) is 0 Å². The molecule has 0 rings (SSSR count). The minimum Gasteiger partial charge on any atom is -0.370 e. The first kappa shape index (κ1) is 13.4. The fourth-order valence-corrected chi connectivity index (χ4v) is 1.38. The van der Waals surface area contributed by atoms with Crippen molar-refractivity contribution in [3.05, 3.63) is 0 Å². The van der Waals surface area contributed by atoms with Crippen LogP contribution in [0, 0.1) is 0 Å². The summed E-state index contributed by atoms with van der Waals surface area (Å²) in [7, 11) is 3.61. The van der Waals surface area contributed by atoms with E-state index in [2.05, 4.69) is 12.6 Å². The van der Waals surface area contributed by atoms with Crippen molar-refractivity contribution >= 4 is 24.3 Å². The van der Waals surface area contributed by atoms with Crippen LogP contribution in [0.1, 0.15) is 19.8 Å². The lowest BCUT2D eigenvalue weighted by molar-refractivity contribution is -0.123. The van der Waals surface area contributed by atoms with Crippen molar-refractivity contribution in [1.82, 2.24) is 4.90 Å². The summed E-state index contributed by atoms with van der Waals surface area (Å²) in [6.07, 6.45) is 0.696. The molecule has 1 unspecified atom stereocenters. The molecule has 0 fully saturated rings. The fraction of sp³-hybridized carbons (Fsp3) is 0.778. The van der Waals surface area contributed by atoms with Gasteiger partial charge in [-0.05, 0) is 27.4 Å². The summed E-state index contributed by atoms with van der Waals surface area (Å²) >= 11 is 4.08. The molecule has 82 valence electrons. The number of amides is 1. The highest BCUT2D eigenvalue weighted by Crippen LogP contribution is 2.09. The standard InChI is InChI=1S/C9H18N2O2S/c1-6(14)9(13)7(11(2)3)4-5-8(10)12/h6-7,14H,4-5H2,1-3H3,(H2,10,12)/t6?,7-/m0/s1. The number of primary amides is 1. The summed E-state index contributed by atoms with van der Waals surface area (Å²) in [5.41, 5.74) is 5.03. The van der Waals surface area contributed by atoms with Gasteiger partial charge in [0, 0.05) is 6.42 Å². The Labute approximate surface area is 90.2 Å². The van der Waals surface area contributed by atoms with Gasteiger partial charge in [0.05, 0.1) is 11.3 Å². The molecule has 14 heavy (non-hydrogen) atoms. The first-order chi connectivity index (χ1) is 6.36. The van der Waals surface area contributed by atoms with Gasteiger partial charge in [0.25, 0.3) is 0 Å². The highest BCUT2D eigenvalue weighted by molar-refractivity contribution is 7.81. The van der Waals surface area contributed by atoms with Gasteiger partial charge in [-0.1, -0.05) is 0 Å². The molecule has 4 nitrogen and oxygen atoms in total. The van der Waals surface area contributed by atoms with Gasteiger partial charge < -0.3 is 5.73 Å². The first-order valence-corrected chi connectivity index (χ1v) is 5.04. The number of thiol groups is 1. The van der Waals surface area contributed by atoms with Crippen molar-refractivity contribution in [2.75, 3.05) is 14.1 Å². The van der Waals surface area contributed by atoms with Gasteiger partial charge in [0.1, 0.15) is 0 Å². The molecule has 5 heteroatoms. The molecule has 0 aliphatic heterocycles. The molecule has 0 bridgehead atoms. The summed E-state index contributed by atoms with van der Waals surface area (Å²) in [6.45, 7) is 1.73. The van der Waals surface area contributed by atoms with Crippen LogP contribution in [-0.2, 0) is 9.59 Å². The van der Waals surface area contributed by atoms with E-state index >= 15 is 0 Å². The topological polar surface area (TPSA) is 63.4 Å². The zero-order chi connectivity index (χ0) is 11.3. The molecule has 0 spiro atoms. The van der Waals surface area contributed by atoms with Crippen LogP contribution in [0.25, 0.3) is 0 Å². The molecular formula is C9H18N2O2S. The van der Waals surface area contributed by atoms with Crippen LogP contribution in [0.5, 0.6) is 0 Å².